The fourth-order valence-corrected chi connectivity index (χ4v) is 2.40. The monoisotopic (exact) mass is 308 g/mol. The second-order valence-electron chi connectivity index (χ2n) is 5.11. The minimum Gasteiger partial charge on any atom is -0.497 e. The third kappa shape index (κ3) is 4.61. The zero-order valence-corrected chi connectivity index (χ0v) is 13.3. The number of ether oxygens (including phenoxy) is 3. The summed E-state index contributed by atoms with van der Waals surface area (Å²) in [6.45, 7) is 4.20. The average molecular weight is 308 g/mol. The van der Waals surface area contributed by atoms with Crippen LogP contribution in [0.4, 0.5) is 5.69 Å². The predicted octanol–water partition coefficient (Wildman–Crippen LogP) is 1.01. The Hall–Kier alpha value is -1.79. The maximum absolute atomic E-state index is 12.0. The molecule has 0 bridgehead atoms. The summed E-state index contributed by atoms with van der Waals surface area (Å²) in [5, 5.41) is 0. The molecule has 2 rings (SSSR count). The number of benzene rings is 1. The molecule has 0 atom stereocenters. The zero-order chi connectivity index (χ0) is 15.8. The molecular formula is C16H24N2O4. The van der Waals surface area contributed by atoms with Crippen molar-refractivity contribution in [2.75, 3.05) is 65.1 Å². The summed E-state index contributed by atoms with van der Waals surface area (Å²) in [4.78, 5) is 16.1. The molecule has 0 saturated carbocycles. The highest BCUT2D eigenvalue weighted by molar-refractivity contribution is 5.77. The summed E-state index contributed by atoms with van der Waals surface area (Å²) >= 11 is 0. The average Bonchev–Trinajstić information content (AvgIpc) is 2.59. The number of piperazine rings is 1. The molecule has 0 N–H and O–H groups in total. The molecule has 122 valence electrons. The van der Waals surface area contributed by atoms with E-state index in [9.17, 15) is 4.79 Å². The first-order chi connectivity index (χ1) is 10.7. The lowest BCUT2D eigenvalue weighted by Gasteiger charge is -2.36. The molecule has 0 unspecified atom stereocenters. The number of amides is 1. The Morgan fingerprint density at radius 3 is 2.32 bits per heavy atom. The Morgan fingerprint density at radius 1 is 1.05 bits per heavy atom. The largest absolute Gasteiger partial charge is 0.497 e. The molecule has 0 aromatic heterocycles. The summed E-state index contributed by atoms with van der Waals surface area (Å²) in [7, 11) is 3.28. The number of methoxy groups -OCH3 is 2. The van der Waals surface area contributed by atoms with Crippen molar-refractivity contribution in [1.82, 2.24) is 4.90 Å². The van der Waals surface area contributed by atoms with Crippen molar-refractivity contribution in [3.8, 4) is 5.75 Å². The molecule has 1 aliphatic heterocycles. The quantitative estimate of drug-likeness (QED) is 0.704. The summed E-state index contributed by atoms with van der Waals surface area (Å²) < 4.78 is 15.3. The van der Waals surface area contributed by atoms with E-state index in [2.05, 4.69) is 4.90 Å². The third-order valence-electron chi connectivity index (χ3n) is 3.73. The smallest absolute Gasteiger partial charge is 0.248 e. The van der Waals surface area contributed by atoms with E-state index >= 15 is 0 Å². The molecule has 1 saturated heterocycles. The van der Waals surface area contributed by atoms with Gasteiger partial charge in [0.25, 0.3) is 0 Å². The summed E-state index contributed by atoms with van der Waals surface area (Å²) in [6, 6.07) is 8.00. The van der Waals surface area contributed by atoms with Gasteiger partial charge in [-0.1, -0.05) is 0 Å². The van der Waals surface area contributed by atoms with Crippen LogP contribution in [0.15, 0.2) is 24.3 Å². The van der Waals surface area contributed by atoms with Gasteiger partial charge < -0.3 is 24.0 Å². The predicted molar refractivity (Wildman–Crippen MR) is 84.5 cm³/mol. The van der Waals surface area contributed by atoms with Crippen molar-refractivity contribution in [2.45, 2.75) is 0 Å². The van der Waals surface area contributed by atoms with Gasteiger partial charge in [-0.05, 0) is 24.3 Å². The van der Waals surface area contributed by atoms with Gasteiger partial charge in [0, 0.05) is 39.0 Å². The first kappa shape index (κ1) is 16.6. The summed E-state index contributed by atoms with van der Waals surface area (Å²) in [5.74, 6) is 0.899. The highest BCUT2D eigenvalue weighted by Gasteiger charge is 2.21. The van der Waals surface area contributed by atoms with Crippen LogP contribution in [0.1, 0.15) is 0 Å². The van der Waals surface area contributed by atoms with Gasteiger partial charge in [0.05, 0.1) is 20.3 Å². The van der Waals surface area contributed by atoms with Crippen LogP contribution in [-0.4, -0.2) is 71.0 Å². The van der Waals surface area contributed by atoms with Gasteiger partial charge in [0.1, 0.15) is 12.4 Å². The number of rotatable bonds is 7. The molecule has 0 aliphatic carbocycles. The molecule has 1 aromatic rings. The number of hydrogen-bond donors (Lipinski definition) is 0. The third-order valence-corrected chi connectivity index (χ3v) is 3.73. The number of carbonyl (C=O) groups excluding carboxylic acids is 1. The second-order valence-corrected chi connectivity index (χ2v) is 5.11. The molecule has 22 heavy (non-hydrogen) atoms. The van der Waals surface area contributed by atoms with E-state index < -0.39 is 0 Å². The Balaban J connectivity index is 1.75. The van der Waals surface area contributed by atoms with Gasteiger partial charge in [-0.25, -0.2) is 0 Å². The molecule has 6 nitrogen and oxygen atoms in total. The maximum Gasteiger partial charge on any atom is 0.248 e. The lowest BCUT2D eigenvalue weighted by Crippen LogP contribution is -2.49. The van der Waals surface area contributed by atoms with Gasteiger partial charge in [-0.15, -0.1) is 0 Å². The Kier molecular flexibility index (Phi) is 6.48. The highest BCUT2D eigenvalue weighted by Crippen LogP contribution is 2.20. The van der Waals surface area contributed by atoms with E-state index in [1.807, 2.05) is 29.2 Å². The van der Waals surface area contributed by atoms with E-state index in [0.717, 1.165) is 37.6 Å². The summed E-state index contributed by atoms with van der Waals surface area (Å²) in [5.41, 5.74) is 1.16. The van der Waals surface area contributed by atoms with E-state index in [1.165, 1.54) is 0 Å². The minimum atomic E-state index is 0.0467. The van der Waals surface area contributed by atoms with Crippen LogP contribution in [0.2, 0.25) is 0 Å². The molecule has 6 heteroatoms. The van der Waals surface area contributed by atoms with Crippen LogP contribution >= 0.6 is 0 Å². The molecule has 0 spiro atoms. The van der Waals surface area contributed by atoms with Gasteiger partial charge in [0.15, 0.2) is 0 Å². The van der Waals surface area contributed by atoms with Crippen LogP contribution in [0.5, 0.6) is 5.75 Å². The van der Waals surface area contributed by atoms with E-state index in [4.69, 9.17) is 14.2 Å². The molecule has 1 aliphatic rings. The van der Waals surface area contributed by atoms with Crippen LogP contribution in [-0.2, 0) is 14.3 Å². The molecule has 1 fully saturated rings. The van der Waals surface area contributed by atoms with E-state index in [1.54, 1.807) is 14.2 Å². The van der Waals surface area contributed by atoms with Crippen LogP contribution in [0.25, 0.3) is 0 Å². The molecule has 1 aromatic carbocycles. The fraction of sp³-hybridized carbons (Fsp3) is 0.562. The van der Waals surface area contributed by atoms with Gasteiger partial charge in [-0.3, -0.25) is 4.79 Å². The normalized spacial score (nSPS) is 15.0. The Morgan fingerprint density at radius 2 is 1.73 bits per heavy atom. The van der Waals surface area contributed by atoms with Crippen molar-refractivity contribution in [3.05, 3.63) is 24.3 Å². The lowest BCUT2D eigenvalue weighted by atomic mass is 10.2. The fourth-order valence-electron chi connectivity index (χ4n) is 2.40. The van der Waals surface area contributed by atoms with Crippen molar-refractivity contribution < 1.29 is 19.0 Å². The molecule has 1 amide bonds. The van der Waals surface area contributed by atoms with E-state index in [-0.39, 0.29) is 12.5 Å². The first-order valence-corrected chi connectivity index (χ1v) is 7.48. The Bertz CT molecular complexity index is 456. The number of hydrogen-bond acceptors (Lipinski definition) is 5. The van der Waals surface area contributed by atoms with Crippen LogP contribution in [0.3, 0.4) is 0 Å². The molecule has 0 radical (unpaired) electrons. The van der Waals surface area contributed by atoms with Crippen molar-refractivity contribution in [1.29, 1.82) is 0 Å². The van der Waals surface area contributed by atoms with Gasteiger partial charge in [0.2, 0.25) is 5.91 Å². The number of carbonyl (C=O) groups is 1. The van der Waals surface area contributed by atoms with Crippen molar-refractivity contribution >= 4 is 11.6 Å². The number of nitrogens with zero attached hydrogens (tertiary/aromatic N) is 2. The standard InChI is InChI=1S/C16H24N2O4/c1-20-11-12-22-13-16(19)18-9-7-17(8-10-18)14-3-5-15(21-2)6-4-14/h3-6H,7-13H2,1-2H3. The van der Waals surface area contributed by atoms with Crippen LogP contribution in [0, 0.1) is 0 Å². The summed E-state index contributed by atoms with van der Waals surface area (Å²) in [6.07, 6.45) is 0. The van der Waals surface area contributed by atoms with E-state index in [0.29, 0.717) is 13.2 Å². The second kappa shape index (κ2) is 8.60. The molecular weight excluding hydrogens is 284 g/mol. The minimum absolute atomic E-state index is 0.0467. The molecule has 1 heterocycles. The Labute approximate surface area is 131 Å². The SMILES string of the molecule is COCCOCC(=O)N1CCN(c2ccc(OC)cc2)CC1. The van der Waals surface area contributed by atoms with Crippen LogP contribution < -0.4 is 9.64 Å². The van der Waals surface area contributed by atoms with Gasteiger partial charge >= 0.3 is 0 Å². The maximum atomic E-state index is 12.0. The van der Waals surface area contributed by atoms with Crippen molar-refractivity contribution in [3.63, 3.8) is 0 Å². The topological polar surface area (TPSA) is 51.2 Å². The first-order valence-electron chi connectivity index (χ1n) is 7.48. The van der Waals surface area contributed by atoms with Crippen molar-refractivity contribution in [2.24, 2.45) is 0 Å². The number of anilines is 1. The zero-order valence-electron chi connectivity index (χ0n) is 13.3. The highest BCUT2D eigenvalue weighted by atomic mass is 16.5. The van der Waals surface area contributed by atoms with Gasteiger partial charge in [-0.2, -0.15) is 0 Å². The lowest BCUT2D eigenvalue weighted by molar-refractivity contribution is -0.136.